The van der Waals surface area contributed by atoms with E-state index in [2.05, 4.69) is 21.6 Å². The third-order valence-electron chi connectivity index (χ3n) is 9.60. The molecule has 2 spiro atoms. The van der Waals surface area contributed by atoms with Gasteiger partial charge in [-0.15, -0.1) is 0 Å². The topological polar surface area (TPSA) is 158 Å². The fourth-order valence-corrected chi connectivity index (χ4v) is 7.38. The number of anilines is 2. The molecule has 2 N–H and O–H groups in total. The normalized spacial score (nSPS) is 22.3. The monoisotopic (exact) mass is 718 g/mol. The van der Waals surface area contributed by atoms with Crippen molar-refractivity contribution in [3.8, 4) is 0 Å². The molecule has 0 aromatic heterocycles. The molecule has 2 aliphatic heterocycles. The number of nitrogens with one attached hydrogen (secondary N) is 2. The summed E-state index contributed by atoms with van der Waals surface area (Å²) < 4.78 is 10.8. The van der Waals surface area contributed by atoms with E-state index in [1.54, 1.807) is 41.5 Å². The number of ether oxygens (including phenoxy) is 2. The summed E-state index contributed by atoms with van der Waals surface area (Å²) in [6, 6.07) is 10.4. The smallest absolute Gasteiger partial charge is 0.425 e. The van der Waals surface area contributed by atoms with Crippen LogP contribution in [0.5, 0.6) is 0 Å². The molecule has 2 aliphatic carbocycles. The van der Waals surface area contributed by atoms with Crippen LogP contribution in [0.2, 0.25) is 0 Å². The highest BCUT2D eigenvalue weighted by Crippen LogP contribution is 2.43. The minimum absolute atomic E-state index is 0.0904. The third kappa shape index (κ3) is 7.15. The minimum Gasteiger partial charge on any atom is -0.443 e. The van der Waals surface area contributed by atoms with Crippen molar-refractivity contribution in [1.82, 2.24) is 20.4 Å². The van der Waals surface area contributed by atoms with E-state index in [0.717, 1.165) is 33.7 Å². The zero-order chi connectivity index (χ0) is 38.6. The molecular weight excluding hydrogens is 668 g/mol. The Balaban J connectivity index is 0.000000231. The van der Waals surface area contributed by atoms with Crippen LogP contribution in [0.15, 0.2) is 36.4 Å². The Kier molecular flexibility index (Phi) is 9.85. The zero-order valence-corrected chi connectivity index (χ0v) is 31.8. The van der Waals surface area contributed by atoms with E-state index < -0.39 is 46.4 Å². The first-order chi connectivity index (χ1) is 24.1. The lowest BCUT2D eigenvalue weighted by Gasteiger charge is -2.39. The molecule has 8 amide bonds. The fraction of sp³-hybridized carbons (Fsp3) is 0.526. The number of hydrogen-bond acceptors (Lipinski definition) is 10. The van der Waals surface area contributed by atoms with Crippen molar-refractivity contribution >= 4 is 47.4 Å². The third-order valence-corrected chi connectivity index (χ3v) is 9.60. The summed E-state index contributed by atoms with van der Waals surface area (Å²) in [6.45, 7) is 9.92. The molecule has 2 heterocycles. The zero-order valence-electron chi connectivity index (χ0n) is 31.8. The largest absolute Gasteiger partial charge is 0.443 e. The maximum atomic E-state index is 13.7. The number of imide groups is 5. The molecule has 2 unspecified atom stereocenters. The van der Waals surface area contributed by atoms with Gasteiger partial charge in [0.2, 0.25) is 0 Å². The van der Waals surface area contributed by atoms with Crippen molar-refractivity contribution in [2.45, 2.75) is 102 Å². The van der Waals surface area contributed by atoms with Crippen LogP contribution in [-0.2, 0) is 44.7 Å². The summed E-state index contributed by atoms with van der Waals surface area (Å²) in [6.07, 6.45) is 0.682. The van der Waals surface area contributed by atoms with Gasteiger partial charge in [0.1, 0.15) is 22.3 Å². The van der Waals surface area contributed by atoms with Crippen molar-refractivity contribution in [2.24, 2.45) is 0 Å². The lowest BCUT2D eigenvalue weighted by molar-refractivity contribution is -0.133. The van der Waals surface area contributed by atoms with Gasteiger partial charge >= 0.3 is 24.2 Å². The summed E-state index contributed by atoms with van der Waals surface area (Å²) in [5.41, 5.74) is 2.39. The molecule has 280 valence electrons. The van der Waals surface area contributed by atoms with Crippen LogP contribution in [0.25, 0.3) is 0 Å². The number of benzene rings is 2. The molecule has 0 saturated carbocycles. The average Bonchev–Trinajstić information content (AvgIpc) is 3.40. The maximum absolute atomic E-state index is 13.7. The Morgan fingerprint density at radius 3 is 1.71 bits per heavy atom. The number of hydrogen-bond donors (Lipinski definition) is 2. The van der Waals surface area contributed by atoms with Crippen LogP contribution in [0.3, 0.4) is 0 Å². The van der Waals surface area contributed by atoms with E-state index in [-0.39, 0.29) is 24.8 Å². The lowest BCUT2D eigenvalue weighted by Crippen LogP contribution is -2.56. The highest BCUT2D eigenvalue weighted by molar-refractivity contribution is 6.21. The summed E-state index contributed by atoms with van der Waals surface area (Å²) in [7, 11) is 7.90. The summed E-state index contributed by atoms with van der Waals surface area (Å²) in [5, 5.41) is 5.14. The van der Waals surface area contributed by atoms with Gasteiger partial charge in [0.25, 0.3) is 11.8 Å². The predicted octanol–water partition coefficient (Wildman–Crippen LogP) is 4.93. The van der Waals surface area contributed by atoms with E-state index in [4.69, 9.17) is 9.47 Å². The second kappa shape index (κ2) is 13.4. The molecule has 0 radical (unpaired) electrons. The second-order valence-corrected chi connectivity index (χ2v) is 16.2. The Morgan fingerprint density at radius 1 is 0.731 bits per heavy atom. The molecule has 52 heavy (non-hydrogen) atoms. The molecular formula is C38H50N6O8. The first-order valence-electron chi connectivity index (χ1n) is 17.4. The van der Waals surface area contributed by atoms with Crippen LogP contribution in [0.1, 0.15) is 76.6 Å². The van der Waals surface area contributed by atoms with Gasteiger partial charge < -0.3 is 24.6 Å². The van der Waals surface area contributed by atoms with Gasteiger partial charge in [-0.1, -0.05) is 24.3 Å². The van der Waals surface area contributed by atoms with Crippen molar-refractivity contribution in [3.05, 3.63) is 58.7 Å². The molecule has 2 fully saturated rings. The Hall–Kier alpha value is -5.14. The number of rotatable bonds is 2. The van der Waals surface area contributed by atoms with E-state index in [9.17, 15) is 28.8 Å². The van der Waals surface area contributed by atoms with Gasteiger partial charge in [0, 0.05) is 52.4 Å². The van der Waals surface area contributed by atoms with E-state index in [0.29, 0.717) is 24.2 Å². The SMILES string of the molecule is CN(C)c1cccc2c1CCC1(C2)C(=O)N(C(=O)OC(C)(C)C)C(=O)N1C(=O)OC(C)(C)C.CN(C)c1cccc2c1CCC1(C2)NC(=O)NC1=O. The molecule has 2 aromatic rings. The van der Waals surface area contributed by atoms with Gasteiger partial charge in [-0.2, -0.15) is 4.90 Å². The lowest BCUT2D eigenvalue weighted by atomic mass is 9.76. The Labute approximate surface area is 304 Å². The van der Waals surface area contributed by atoms with Gasteiger partial charge in [0.05, 0.1) is 0 Å². The van der Waals surface area contributed by atoms with Crippen LogP contribution >= 0.6 is 0 Å². The number of urea groups is 2. The van der Waals surface area contributed by atoms with Crippen LogP contribution in [0, 0.1) is 0 Å². The van der Waals surface area contributed by atoms with Crippen LogP contribution < -0.4 is 20.4 Å². The van der Waals surface area contributed by atoms with Crippen molar-refractivity contribution < 1.29 is 38.2 Å². The highest BCUT2D eigenvalue weighted by Gasteiger charge is 2.64. The standard InChI is InChI=1S/C24H33N3O6.C14H17N3O2/c1-22(2,3)32-20(30)26-18(28)24(27(19(26)29)21(31)33-23(4,5)6)13-12-16-15(14-24)10-9-11-17(16)25(7)8;1-17(2)11-5-3-4-9-8-14(7-6-10(9)11)12(18)15-13(19)16-14/h9-11H,12-14H2,1-8H3;3-5H,6-8H2,1-2H3,(H2,15,16,18,19). The summed E-state index contributed by atoms with van der Waals surface area (Å²) in [5.74, 6) is -0.966. The van der Waals surface area contributed by atoms with Gasteiger partial charge in [-0.3, -0.25) is 14.9 Å². The summed E-state index contributed by atoms with van der Waals surface area (Å²) in [4.78, 5) is 81.7. The van der Waals surface area contributed by atoms with Crippen molar-refractivity contribution in [1.29, 1.82) is 0 Å². The summed E-state index contributed by atoms with van der Waals surface area (Å²) >= 11 is 0. The first-order valence-corrected chi connectivity index (χ1v) is 17.4. The molecule has 0 bridgehead atoms. The van der Waals surface area contributed by atoms with Crippen LogP contribution in [0.4, 0.5) is 30.6 Å². The maximum Gasteiger partial charge on any atom is 0.425 e. The van der Waals surface area contributed by atoms with E-state index >= 15 is 0 Å². The number of amides is 8. The van der Waals surface area contributed by atoms with E-state index in [1.807, 2.05) is 63.4 Å². The Bertz CT molecular complexity index is 1830. The molecule has 4 aliphatic rings. The molecule has 2 aromatic carbocycles. The quantitative estimate of drug-likeness (QED) is 0.408. The molecule has 2 saturated heterocycles. The first kappa shape index (κ1) is 38.1. The average molecular weight is 719 g/mol. The molecule has 6 rings (SSSR count). The fourth-order valence-electron chi connectivity index (χ4n) is 7.38. The number of carbonyl (C=O) groups is 6. The van der Waals surface area contributed by atoms with Crippen molar-refractivity contribution in [2.75, 3.05) is 38.0 Å². The van der Waals surface area contributed by atoms with Crippen molar-refractivity contribution in [3.63, 3.8) is 0 Å². The predicted molar refractivity (Wildman–Crippen MR) is 194 cm³/mol. The molecule has 2 atom stereocenters. The van der Waals surface area contributed by atoms with E-state index in [1.165, 1.54) is 11.3 Å². The Morgan fingerprint density at radius 2 is 1.23 bits per heavy atom. The molecule has 14 nitrogen and oxygen atoms in total. The number of carbonyl (C=O) groups excluding carboxylic acids is 6. The highest BCUT2D eigenvalue weighted by atomic mass is 16.6. The van der Waals surface area contributed by atoms with Gasteiger partial charge in [-0.25, -0.2) is 24.1 Å². The molecule has 14 heteroatoms. The minimum atomic E-state index is -1.56. The van der Waals surface area contributed by atoms with Crippen LogP contribution in [-0.4, -0.2) is 96.3 Å². The van der Waals surface area contributed by atoms with Gasteiger partial charge in [0.15, 0.2) is 0 Å². The number of nitrogens with zero attached hydrogens (tertiary/aromatic N) is 4. The second-order valence-electron chi connectivity index (χ2n) is 16.2. The van der Waals surface area contributed by atoms with Gasteiger partial charge in [-0.05, 0) is 102 Å². The number of fused-ring (bicyclic) bond motifs is 2.